The van der Waals surface area contributed by atoms with Crippen LogP contribution in [-0.2, 0) is 13.6 Å². The highest BCUT2D eigenvalue weighted by molar-refractivity contribution is 5.49. The van der Waals surface area contributed by atoms with Crippen molar-refractivity contribution in [1.82, 2.24) is 9.78 Å². The quantitative estimate of drug-likeness (QED) is 0.682. The first-order valence-electron chi connectivity index (χ1n) is 5.78. The molecule has 0 fully saturated rings. The number of halogens is 1. The van der Waals surface area contributed by atoms with E-state index in [1.54, 1.807) is 14.0 Å². The lowest BCUT2D eigenvalue weighted by molar-refractivity contribution is -0.385. The Labute approximate surface area is 113 Å². The largest absolute Gasteiger partial charge is 0.432 e. The molecule has 0 radical (unpaired) electrons. The van der Waals surface area contributed by atoms with Crippen molar-refractivity contribution >= 4 is 5.69 Å². The molecule has 0 unspecified atom stereocenters. The molecule has 1 heterocycles. The van der Waals surface area contributed by atoms with Crippen LogP contribution >= 0.6 is 0 Å². The Morgan fingerprint density at radius 3 is 2.85 bits per heavy atom. The Bertz CT molecular complexity index is 669. The molecule has 0 bridgehead atoms. The lowest BCUT2D eigenvalue weighted by Crippen LogP contribution is -2.03. The maximum Gasteiger partial charge on any atom is 0.311 e. The summed E-state index contributed by atoms with van der Waals surface area (Å²) in [5.74, 6) is -0.551. The molecule has 106 valence electrons. The van der Waals surface area contributed by atoms with Crippen molar-refractivity contribution in [2.24, 2.45) is 12.8 Å². The smallest absolute Gasteiger partial charge is 0.311 e. The van der Waals surface area contributed by atoms with Crippen LogP contribution in [-0.4, -0.2) is 14.7 Å². The number of benzene rings is 1. The molecule has 20 heavy (non-hydrogen) atoms. The Kier molecular flexibility index (Phi) is 3.66. The summed E-state index contributed by atoms with van der Waals surface area (Å²) in [4.78, 5) is 10.3. The van der Waals surface area contributed by atoms with Crippen molar-refractivity contribution in [3.05, 3.63) is 45.4 Å². The summed E-state index contributed by atoms with van der Waals surface area (Å²) in [6.07, 6.45) is 0. The van der Waals surface area contributed by atoms with E-state index >= 15 is 0 Å². The zero-order chi connectivity index (χ0) is 14.9. The number of ether oxygens (including phenoxy) is 1. The van der Waals surface area contributed by atoms with Crippen molar-refractivity contribution in [2.75, 3.05) is 0 Å². The van der Waals surface area contributed by atoms with E-state index in [0.29, 0.717) is 11.3 Å². The van der Waals surface area contributed by atoms with Gasteiger partial charge in [-0.15, -0.1) is 0 Å². The van der Waals surface area contributed by atoms with E-state index in [2.05, 4.69) is 5.10 Å². The van der Waals surface area contributed by atoms with Gasteiger partial charge in [0.05, 0.1) is 16.2 Å². The van der Waals surface area contributed by atoms with Crippen LogP contribution in [0.2, 0.25) is 0 Å². The first kappa shape index (κ1) is 13.9. The van der Waals surface area contributed by atoms with Crippen LogP contribution in [0.15, 0.2) is 18.2 Å². The molecular formula is C12H13FN4O3. The number of nitro benzene ring substituents is 1. The highest BCUT2D eigenvalue weighted by atomic mass is 19.1. The number of rotatable bonds is 4. The van der Waals surface area contributed by atoms with Gasteiger partial charge in [0.1, 0.15) is 5.82 Å². The molecule has 2 rings (SSSR count). The number of hydrogen-bond donors (Lipinski definition) is 1. The maximum atomic E-state index is 13.3. The number of aryl methyl sites for hydroxylation is 2. The van der Waals surface area contributed by atoms with Gasteiger partial charge < -0.3 is 10.5 Å². The van der Waals surface area contributed by atoms with Gasteiger partial charge in [0, 0.05) is 25.7 Å². The third-order valence-electron chi connectivity index (χ3n) is 2.82. The van der Waals surface area contributed by atoms with Crippen molar-refractivity contribution < 1.29 is 14.1 Å². The number of nitro groups is 1. The lowest BCUT2D eigenvalue weighted by Gasteiger charge is -2.08. The molecule has 8 heteroatoms. The lowest BCUT2D eigenvalue weighted by atomic mass is 10.2. The maximum absolute atomic E-state index is 13.3. The minimum absolute atomic E-state index is 0.165. The Morgan fingerprint density at radius 1 is 1.55 bits per heavy atom. The normalized spacial score (nSPS) is 10.6. The first-order valence-corrected chi connectivity index (χ1v) is 5.78. The molecule has 0 spiro atoms. The van der Waals surface area contributed by atoms with Crippen LogP contribution in [0.4, 0.5) is 10.1 Å². The highest BCUT2D eigenvalue weighted by Crippen LogP contribution is 2.33. The molecule has 0 aliphatic heterocycles. The standard InChI is InChI=1S/C12H13FN4O3/c1-7-9(6-14)12(16(2)15-7)20-11-5-8(13)3-4-10(11)17(18)19/h3-5H,6,14H2,1-2H3. The van der Waals surface area contributed by atoms with Crippen LogP contribution in [0.1, 0.15) is 11.3 Å². The van der Waals surface area contributed by atoms with E-state index in [9.17, 15) is 14.5 Å². The second-order valence-corrected chi connectivity index (χ2v) is 4.17. The van der Waals surface area contributed by atoms with Gasteiger partial charge in [-0.1, -0.05) is 0 Å². The number of nitrogens with zero attached hydrogens (tertiary/aromatic N) is 3. The Hall–Kier alpha value is -2.48. The second-order valence-electron chi connectivity index (χ2n) is 4.17. The van der Waals surface area contributed by atoms with Gasteiger partial charge in [-0.25, -0.2) is 9.07 Å². The third kappa shape index (κ3) is 2.45. The number of aromatic nitrogens is 2. The minimum Gasteiger partial charge on any atom is -0.432 e. The topological polar surface area (TPSA) is 96.2 Å². The Balaban J connectivity index is 2.49. The predicted octanol–water partition coefficient (Wildman–Crippen LogP) is 2.03. The molecule has 0 aliphatic rings. The summed E-state index contributed by atoms with van der Waals surface area (Å²) in [7, 11) is 1.62. The fraction of sp³-hybridized carbons (Fsp3) is 0.250. The van der Waals surface area contributed by atoms with E-state index in [4.69, 9.17) is 10.5 Å². The van der Waals surface area contributed by atoms with Gasteiger partial charge in [0.15, 0.2) is 0 Å². The average molecular weight is 280 g/mol. The summed E-state index contributed by atoms with van der Waals surface area (Å²) >= 11 is 0. The molecule has 0 atom stereocenters. The molecule has 1 aromatic carbocycles. The van der Waals surface area contributed by atoms with Gasteiger partial charge in [0.2, 0.25) is 11.6 Å². The predicted molar refractivity (Wildman–Crippen MR) is 69.0 cm³/mol. The van der Waals surface area contributed by atoms with Gasteiger partial charge in [0.25, 0.3) is 0 Å². The van der Waals surface area contributed by atoms with E-state index in [-0.39, 0.29) is 23.9 Å². The monoisotopic (exact) mass is 280 g/mol. The first-order chi connectivity index (χ1) is 9.43. The SMILES string of the molecule is Cc1nn(C)c(Oc2cc(F)ccc2[N+](=O)[O-])c1CN. The average Bonchev–Trinajstić information content (AvgIpc) is 2.63. The molecule has 0 saturated heterocycles. The summed E-state index contributed by atoms with van der Waals surface area (Å²) in [5, 5.41) is 15.0. The number of nitrogens with two attached hydrogens (primary N) is 1. The van der Waals surface area contributed by atoms with Crippen LogP contribution in [0.25, 0.3) is 0 Å². The summed E-state index contributed by atoms with van der Waals surface area (Å²) in [5.41, 5.74) is 6.55. The van der Waals surface area contributed by atoms with E-state index < -0.39 is 10.7 Å². The van der Waals surface area contributed by atoms with Gasteiger partial charge in [-0.05, 0) is 13.0 Å². The van der Waals surface area contributed by atoms with Gasteiger partial charge >= 0.3 is 5.69 Å². The van der Waals surface area contributed by atoms with Crippen LogP contribution in [0, 0.1) is 22.9 Å². The summed E-state index contributed by atoms with van der Waals surface area (Å²) in [6, 6.07) is 3.01. The summed E-state index contributed by atoms with van der Waals surface area (Å²) in [6.45, 7) is 1.91. The highest BCUT2D eigenvalue weighted by Gasteiger charge is 2.21. The van der Waals surface area contributed by atoms with Crippen molar-refractivity contribution in [3.8, 4) is 11.6 Å². The molecule has 0 saturated carbocycles. The zero-order valence-electron chi connectivity index (χ0n) is 11.0. The molecule has 0 amide bonds. The van der Waals surface area contributed by atoms with E-state index in [0.717, 1.165) is 18.2 Å². The third-order valence-corrected chi connectivity index (χ3v) is 2.82. The molecule has 7 nitrogen and oxygen atoms in total. The molecular weight excluding hydrogens is 267 g/mol. The van der Waals surface area contributed by atoms with Crippen molar-refractivity contribution in [2.45, 2.75) is 13.5 Å². The summed E-state index contributed by atoms with van der Waals surface area (Å²) < 4.78 is 20.1. The van der Waals surface area contributed by atoms with Crippen molar-refractivity contribution in [1.29, 1.82) is 0 Å². The Morgan fingerprint density at radius 2 is 2.25 bits per heavy atom. The van der Waals surface area contributed by atoms with Gasteiger partial charge in [-0.2, -0.15) is 5.10 Å². The fourth-order valence-corrected chi connectivity index (χ4v) is 1.87. The van der Waals surface area contributed by atoms with Crippen LogP contribution in [0.3, 0.4) is 0 Å². The fourth-order valence-electron chi connectivity index (χ4n) is 1.87. The molecule has 2 aromatic rings. The van der Waals surface area contributed by atoms with E-state index in [1.165, 1.54) is 4.68 Å². The van der Waals surface area contributed by atoms with Crippen molar-refractivity contribution in [3.63, 3.8) is 0 Å². The molecule has 0 aliphatic carbocycles. The second kappa shape index (κ2) is 5.25. The molecule has 2 N–H and O–H groups in total. The van der Waals surface area contributed by atoms with Crippen LogP contribution in [0.5, 0.6) is 11.6 Å². The van der Waals surface area contributed by atoms with E-state index in [1.807, 2.05) is 0 Å². The number of hydrogen-bond acceptors (Lipinski definition) is 5. The zero-order valence-corrected chi connectivity index (χ0v) is 11.0. The van der Waals surface area contributed by atoms with Gasteiger partial charge in [-0.3, -0.25) is 10.1 Å². The van der Waals surface area contributed by atoms with Crippen LogP contribution < -0.4 is 10.5 Å². The molecule has 1 aromatic heterocycles. The minimum atomic E-state index is -0.639.